The highest BCUT2D eigenvalue weighted by molar-refractivity contribution is 7.27. The summed E-state index contributed by atoms with van der Waals surface area (Å²) in [5.41, 5.74) is 8.65. The first-order valence-corrected chi connectivity index (χ1v) is 40.6. The first kappa shape index (κ1) is 70.9. The number of thiophene rings is 4. The molecule has 4 nitrogen and oxygen atoms in total. The van der Waals surface area contributed by atoms with Crippen LogP contribution in [0, 0.1) is 37.3 Å². The van der Waals surface area contributed by atoms with E-state index in [0.29, 0.717) is 21.6 Å². The van der Waals surface area contributed by atoms with Crippen LogP contribution in [0.1, 0.15) is 305 Å². The molecule has 0 bridgehead atoms. The van der Waals surface area contributed by atoms with Gasteiger partial charge in [-0.3, -0.25) is 0 Å². The minimum absolute atomic E-state index is 0.341. The zero-order chi connectivity index (χ0) is 61.7. The van der Waals surface area contributed by atoms with E-state index >= 15 is 8.78 Å². The Hall–Kier alpha value is -3.00. The van der Waals surface area contributed by atoms with Crippen LogP contribution in [0.2, 0.25) is 0 Å². The zero-order valence-corrected chi connectivity index (χ0v) is 60.2. The molecule has 8 rings (SSSR count). The molecule has 6 heterocycles. The number of rotatable bonds is 48. The van der Waals surface area contributed by atoms with Gasteiger partial charge in [-0.25, -0.2) is 8.78 Å². The predicted octanol–water partition coefficient (Wildman–Crippen LogP) is 28.7. The third-order valence-electron chi connectivity index (χ3n) is 19.0. The second-order valence-corrected chi connectivity index (χ2v) is 32.1. The van der Waals surface area contributed by atoms with Gasteiger partial charge in [0.05, 0.1) is 33.2 Å². The SMILES string of the molecule is CCCCCCCCCCCCC(CCCCCCCCCC)Cc1cc(-c2cc3c(cc(-c4cc(CC(CCCCCCCCCC)CCCCCCCCCCCC)c(-c5cc(F)c(-c6sc(C)cc6F)s5)s4)c4nsnc43)c3nsnc23)sc1C. The van der Waals surface area contributed by atoms with E-state index in [-0.39, 0.29) is 11.6 Å². The van der Waals surface area contributed by atoms with E-state index < -0.39 is 0 Å². The first-order valence-electron chi connectivity index (χ1n) is 35.8. The molecule has 484 valence electrons. The number of benzene rings is 2. The standard InChI is InChI=1S/C76H110F2N4S6/c1-7-11-15-19-23-27-29-33-37-40-44-57(43-39-35-31-25-21-17-13-9-3)48-59-50-67(84-56(59)6)63-52-61-62(70-72(63)81-87-79-70)53-64(73-71(61)80-88-82-73)68-51-60(74(85-68)69-54-66(78)76(86-69)75-65(77)47-55(5)83-75)49-58(45-41-36-32-26-22-18-14-10-4)46-42-38-34-30-28-24-20-16-12-8-2/h47,50-54,57-58H,7-46,48-49H2,1-6H3. The molecule has 2 aromatic carbocycles. The highest BCUT2D eigenvalue weighted by Crippen LogP contribution is 2.50. The van der Waals surface area contributed by atoms with E-state index in [1.807, 2.05) is 18.3 Å². The van der Waals surface area contributed by atoms with Gasteiger partial charge in [0.2, 0.25) is 0 Å². The maximum atomic E-state index is 16.4. The average molecular weight is 1310 g/mol. The van der Waals surface area contributed by atoms with Crippen LogP contribution in [-0.2, 0) is 12.8 Å². The largest absolute Gasteiger partial charge is 0.205 e. The second-order valence-electron chi connectivity index (χ2n) is 26.5. The molecule has 0 amide bonds. The molecule has 12 heteroatoms. The molecular formula is C76H110F2N4S6. The molecule has 0 aliphatic carbocycles. The summed E-state index contributed by atoms with van der Waals surface area (Å²) >= 11 is 9.00. The summed E-state index contributed by atoms with van der Waals surface area (Å²) in [4.78, 5) is 7.43. The van der Waals surface area contributed by atoms with Crippen molar-refractivity contribution in [3.8, 4) is 40.4 Å². The van der Waals surface area contributed by atoms with E-state index in [0.717, 1.165) is 76.3 Å². The number of hydrogen-bond acceptors (Lipinski definition) is 10. The van der Waals surface area contributed by atoms with Crippen molar-refractivity contribution in [2.45, 2.75) is 311 Å². The number of aryl methyl sites for hydroxylation is 2. The van der Waals surface area contributed by atoms with Gasteiger partial charge in [-0.1, -0.05) is 285 Å². The zero-order valence-electron chi connectivity index (χ0n) is 55.3. The molecule has 0 aliphatic rings. The van der Waals surface area contributed by atoms with Crippen LogP contribution in [0.15, 0.2) is 36.4 Å². The molecule has 0 aliphatic heterocycles. The minimum atomic E-state index is -0.343. The van der Waals surface area contributed by atoms with Crippen LogP contribution in [0.5, 0.6) is 0 Å². The molecule has 0 spiro atoms. The highest BCUT2D eigenvalue weighted by Gasteiger charge is 2.26. The lowest BCUT2D eigenvalue weighted by Gasteiger charge is -2.17. The van der Waals surface area contributed by atoms with Crippen LogP contribution < -0.4 is 0 Å². The lowest BCUT2D eigenvalue weighted by Crippen LogP contribution is -2.05. The topological polar surface area (TPSA) is 51.6 Å². The second kappa shape index (κ2) is 39.5. The first-order chi connectivity index (χ1) is 43.2. The fourth-order valence-electron chi connectivity index (χ4n) is 13.8. The lowest BCUT2D eigenvalue weighted by atomic mass is 9.88. The third-order valence-corrected chi connectivity index (χ3v) is 24.9. The van der Waals surface area contributed by atoms with Gasteiger partial charge in [-0.15, -0.1) is 45.3 Å². The molecule has 2 unspecified atom stereocenters. The summed E-state index contributed by atoms with van der Waals surface area (Å²) in [5.74, 6) is 0.557. The summed E-state index contributed by atoms with van der Waals surface area (Å²) in [6, 6.07) is 12.8. The Balaban J connectivity index is 1.06. The van der Waals surface area contributed by atoms with Crippen molar-refractivity contribution in [3.63, 3.8) is 0 Å². The molecule has 6 aromatic heterocycles. The van der Waals surface area contributed by atoms with Crippen molar-refractivity contribution in [2.24, 2.45) is 11.8 Å². The number of halogens is 2. The van der Waals surface area contributed by atoms with Crippen LogP contribution in [0.3, 0.4) is 0 Å². The third kappa shape index (κ3) is 21.5. The molecule has 0 N–H and O–H groups in total. The number of hydrogen-bond donors (Lipinski definition) is 0. The van der Waals surface area contributed by atoms with Crippen LogP contribution in [0.4, 0.5) is 8.78 Å². The van der Waals surface area contributed by atoms with Crippen molar-refractivity contribution < 1.29 is 8.78 Å². The molecule has 0 radical (unpaired) electrons. The molecule has 88 heavy (non-hydrogen) atoms. The van der Waals surface area contributed by atoms with Crippen molar-refractivity contribution in [1.29, 1.82) is 0 Å². The summed E-state index contributed by atoms with van der Waals surface area (Å²) in [6.07, 6.45) is 55.8. The Morgan fingerprint density at radius 2 is 0.659 bits per heavy atom. The van der Waals surface area contributed by atoms with Crippen molar-refractivity contribution >= 4 is 102 Å². The van der Waals surface area contributed by atoms with E-state index in [1.165, 1.54) is 330 Å². The fourth-order valence-corrected chi connectivity index (χ4v) is 19.4. The summed E-state index contributed by atoms with van der Waals surface area (Å²) < 4.78 is 52.2. The van der Waals surface area contributed by atoms with Gasteiger partial charge in [-0.05, 0) is 86.1 Å². The fraction of sp³-hybridized carbons (Fsp3) is 0.658. The average Bonchev–Trinajstić information content (AvgIpc) is 2.80. The Morgan fingerprint density at radius 3 is 1.06 bits per heavy atom. The molecular weight excluding hydrogens is 1200 g/mol. The normalized spacial score (nSPS) is 12.8. The Bertz CT molecular complexity index is 3230. The molecule has 0 fully saturated rings. The smallest absolute Gasteiger partial charge is 0.143 e. The number of unbranched alkanes of at least 4 members (excludes halogenated alkanes) is 32. The van der Waals surface area contributed by atoms with E-state index in [1.54, 1.807) is 17.4 Å². The highest BCUT2D eigenvalue weighted by atomic mass is 32.1. The van der Waals surface area contributed by atoms with Gasteiger partial charge in [0, 0.05) is 51.2 Å². The maximum absolute atomic E-state index is 16.4. The van der Waals surface area contributed by atoms with E-state index in [2.05, 4.69) is 58.9 Å². The Morgan fingerprint density at radius 1 is 0.330 bits per heavy atom. The van der Waals surface area contributed by atoms with Crippen LogP contribution >= 0.6 is 68.8 Å². The van der Waals surface area contributed by atoms with Gasteiger partial charge < -0.3 is 0 Å². The van der Waals surface area contributed by atoms with E-state index in [4.69, 9.17) is 17.5 Å². The van der Waals surface area contributed by atoms with Crippen molar-refractivity contribution in [1.82, 2.24) is 17.5 Å². The monoisotopic (exact) mass is 1310 g/mol. The van der Waals surface area contributed by atoms with Gasteiger partial charge in [-0.2, -0.15) is 17.5 Å². The van der Waals surface area contributed by atoms with Crippen molar-refractivity contribution in [2.75, 3.05) is 0 Å². The Labute approximate surface area is 556 Å². The van der Waals surface area contributed by atoms with Crippen molar-refractivity contribution in [3.05, 3.63) is 68.9 Å². The molecule has 0 saturated carbocycles. The van der Waals surface area contributed by atoms with Gasteiger partial charge >= 0.3 is 0 Å². The van der Waals surface area contributed by atoms with Gasteiger partial charge in [0.15, 0.2) is 0 Å². The summed E-state index contributed by atoms with van der Waals surface area (Å²) in [5, 5.41) is 2.12. The number of nitrogens with zero attached hydrogens (tertiary/aromatic N) is 4. The van der Waals surface area contributed by atoms with Gasteiger partial charge in [0.1, 0.15) is 33.7 Å². The minimum Gasteiger partial charge on any atom is -0.205 e. The summed E-state index contributed by atoms with van der Waals surface area (Å²) in [6.45, 7) is 13.5. The molecule has 0 saturated heterocycles. The molecule has 8 aromatic rings. The van der Waals surface area contributed by atoms with Gasteiger partial charge in [0.25, 0.3) is 0 Å². The molecule has 2 atom stereocenters. The number of aromatic nitrogens is 4. The lowest BCUT2D eigenvalue weighted by molar-refractivity contribution is 0.399. The number of fused-ring (bicyclic) bond motifs is 5. The quantitative estimate of drug-likeness (QED) is 0.0357. The van der Waals surface area contributed by atoms with Crippen LogP contribution in [0.25, 0.3) is 73.2 Å². The van der Waals surface area contributed by atoms with Crippen LogP contribution in [-0.4, -0.2) is 17.5 Å². The predicted molar refractivity (Wildman–Crippen MR) is 390 cm³/mol. The summed E-state index contributed by atoms with van der Waals surface area (Å²) in [7, 11) is 0. The Kier molecular flexibility index (Phi) is 31.8. The van der Waals surface area contributed by atoms with E-state index in [9.17, 15) is 0 Å². The maximum Gasteiger partial charge on any atom is 0.143 e.